The Kier molecular flexibility index (Phi) is 30.5. The van der Waals surface area contributed by atoms with Crippen molar-refractivity contribution in [1.82, 2.24) is 42.5 Å². The highest BCUT2D eigenvalue weighted by Gasteiger charge is 2.37. The molecule has 10 atom stereocenters. The third-order valence-corrected chi connectivity index (χ3v) is 10.9. The molecule has 0 aliphatic heterocycles. The van der Waals surface area contributed by atoms with Crippen molar-refractivity contribution in [2.24, 2.45) is 46.4 Å². The maximum atomic E-state index is 14.0. The van der Waals surface area contributed by atoms with Gasteiger partial charge in [-0.25, -0.2) is 4.79 Å². The van der Waals surface area contributed by atoms with E-state index in [1.165, 1.54) is 20.8 Å². The third kappa shape index (κ3) is 26.6. The largest absolute Gasteiger partial charge is 0.481 e. The minimum Gasteiger partial charge on any atom is -0.481 e. The van der Waals surface area contributed by atoms with Crippen LogP contribution >= 0.6 is 0 Å². The Morgan fingerprint density at radius 1 is 0.432 bits per heavy atom. The Hall–Kier alpha value is -7.01. The second-order valence-corrected chi connectivity index (χ2v) is 19.1. The molecular formula is C45H79N13O16. The molecule has 21 N–H and O–H groups in total. The number of nitrogens with two attached hydrogens (primary N) is 5. The number of carboxylic acids is 2. The average Bonchev–Trinajstić information content (AvgIpc) is 3.27. The zero-order valence-electron chi connectivity index (χ0n) is 43.0. The minimum atomic E-state index is -1.87. The van der Waals surface area contributed by atoms with Crippen molar-refractivity contribution in [3.8, 4) is 0 Å². The maximum absolute atomic E-state index is 14.0. The predicted octanol–water partition coefficient (Wildman–Crippen LogP) is -5.58. The Bertz CT molecular complexity index is 1990. The van der Waals surface area contributed by atoms with Crippen LogP contribution in [0, 0.1) is 17.8 Å². The number of aliphatic hydroxyl groups is 1. The molecule has 0 aromatic rings. The number of carbonyl (C=O) groups is 13. The highest BCUT2D eigenvalue weighted by molar-refractivity contribution is 6.00. The van der Waals surface area contributed by atoms with Crippen LogP contribution in [0.5, 0.6) is 0 Å². The van der Waals surface area contributed by atoms with Gasteiger partial charge in [0.2, 0.25) is 65.0 Å². The van der Waals surface area contributed by atoms with E-state index in [0.29, 0.717) is 19.4 Å². The number of hydrogen-bond donors (Lipinski definition) is 16. The molecule has 0 unspecified atom stereocenters. The molecule has 0 aliphatic rings. The van der Waals surface area contributed by atoms with Gasteiger partial charge >= 0.3 is 11.9 Å². The van der Waals surface area contributed by atoms with Crippen LogP contribution in [0.25, 0.3) is 0 Å². The molecule has 0 aromatic carbocycles. The second kappa shape index (κ2) is 33.7. The fourth-order valence-corrected chi connectivity index (χ4v) is 7.02. The number of amides is 11. The highest BCUT2D eigenvalue weighted by atomic mass is 16.4. The van der Waals surface area contributed by atoms with Crippen molar-refractivity contribution < 1.29 is 77.6 Å². The summed E-state index contributed by atoms with van der Waals surface area (Å²) < 4.78 is 0. The van der Waals surface area contributed by atoms with Crippen LogP contribution in [-0.4, -0.2) is 159 Å². The van der Waals surface area contributed by atoms with Gasteiger partial charge in [-0.2, -0.15) is 0 Å². The zero-order chi connectivity index (χ0) is 57.2. The van der Waals surface area contributed by atoms with Gasteiger partial charge in [0, 0.05) is 12.8 Å². The second-order valence-electron chi connectivity index (χ2n) is 19.1. The lowest BCUT2D eigenvalue weighted by molar-refractivity contribution is -0.143. The number of unbranched alkanes of at least 4 members (excludes halogenated alkanes) is 1. The summed E-state index contributed by atoms with van der Waals surface area (Å²) in [6.45, 7) is 11.2. The summed E-state index contributed by atoms with van der Waals surface area (Å²) in [5.41, 5.74) is 27.5. The summed E-state index contributed by atoms with van der Waals surface area (Å²) in [5, 5.41) is 48.1. The highest BCUT2D eigenvalue weighted by Crippen LogP contribution is 2.12. The van der Waals surface area contributed by atoms with Crippen LogP contribution in [-0.2, 0) is 62.3 Å². The maximum Gasteiger partial charge on any atom is 0.326 e. The Balaban J connectivity index is 6.73. The summed E-state index contributed by atoms with van der Waals surface area (Å²) in [6.07, 6.45) is -4.55. The van der Waals surface area contributed by atoms with E-state index in [-0.39, 0.29) is 25.2 Å². The van der Waals surface area contributed by atoms with Crippen molar-refractivity contribution in [1.29, 1.82) is 0 Å². The van der Waals surface area contributed by atoms with E-state index in [2.05, 4.69) is 42.5 Å². The molecule has 74 heavy (non-hydrogen) atoms. The molecular weight excluding hydrogens is 979 g/mol. The summed E-state index contributed by atoms with van der Waals surface area (Å²) in [6, 6.07) is -14.3. The molecule has 0 aliphatic carbocycles. The fraction of sp³-hybridized carbons (Fsp3) is 0.711. The van der Waals surface area contributed by atoms with Crippen molar-refractivity contribution in [2.45, 2.75) is 180 Å². The Morgan fingerprint density at radius 3 is 1.22 bits per heavy atom. The third-order valence-electron chi connectivity index (χ3n) is 10.9. The van der Waals surface area contributed by atoms with E-state index < -0.39 is 188 Å². The normalized spacial score (nSPS) is 15.3. The number of nitrogens with one attached hydrogen (secondary N) is 8. The van der Waals surface area contributed by atoms with Crippen molar-refractivity contribution in [3.05, 3.63) is 0 Å². The zero-order valence-corrected chi connectivity index (χ0v) is 43.0. The Labute approximate surface area is 428 Å². The monoisotopic (exact) mass is 1060 g/mol. The number of aliphatic carboxylic acids is 2. The topological polar surface area (TPSA) is 509 Å². The smallest absolute Gasteiger partial charge is 0.326 e. The van der Waals surface area contributed by atoms with Crippen molar-refractivity contribution >= 4 is 76.9 Å². The van der Waals surface area contributed by atoms with Crippen LogP contribution in [0.15, 0.2) is 0 Å². The molecule has 0 rings (SSSR count). The van der Waals surface area contributed by atoms with E-state index in [9.17, 15) is 77.6 Å². The first-order chi connectivity index (χ1) is 34.3. The van der Waals surface area contributed by atoms with E-state index >= 15 is 0 Å². The fourth-order valence-electron chi connectivity index (χ4n) is 7.02. The molecule has 0 saturated heterocycles. The van der Waals surface area contributed by atoms with Crippen molar-refractivity contribution in [3.63, 3.8) is 0 Å². The lowest BCUT2D eigenvalue weighted by atomic mass is 10.00. The number of carboxylic acid groups (broad SMARTS) is 2. The molecule has 29 heteroatoms. The SMILES string of the molecule is CC(C)C[C@H](NC(=O)[C@H](CC(N)=O)NC(=O)[C@H](CCC(N)=O)NC(=O)[C@H](CC(C)C)NC(=O)[C@H](CCC(=O)O)NC(=O)[C@H](CC(N)=O)NC(=O)[C@@H](NC(=O)[C@@H](NC(=O)[C@@H](N)CCCCN)[C@@H](C)O)C(C)C)C(=O)O. The predicted molar refractivity (Wildman–Crippen MR) is 262 cm³/mol. The molecule has 0 spiro atoms. The molecule has 0 aromatic heterocycles. The lowest BCUT2D eigenvalue weighted by Crippen LogP contribution is -2.62. The lowest BCUT2D eigenvalue weighted by Gasteiger charge is -2.29. The van der Waals surface area contributed by atoms with E-state index in [4.69, 9.17) is 28.7 Å². The quantitative estimate of drug-likeness (QED) is 0.0258. The van der Waals surface area contributed by atoms with Crippen LogP contribution in [0.2, 0.25) is 0 Å². The van der Waals surface area contributed by atoms with E-state index in [0.717, 1.165) is 0 Å². The molecule has 0 fully saturated rings. The summed E-state index contributed by atoms with van der Waals surface area (Å²) in [5.74, 6) is -16.0. The standard InChI is InChI=1S/C45H79N13O16/c1-20(2)16-27(40(68)51-25(11-13-31(48)60)38(66)54-28(18-32(49)61)42(70)56-30(45(73)74)17-21(3)4)53-39(67)26(12-14-34(63)64)52-41(69)29(19-33(50)62)55-43(71)35(22(5)6)57-44(72)36(23(7)59)58-37(65)24(47)10-8-9-15-46/h20-30,35-36,59H,8-19,46-47H2,1-7H3,(H2,48,60)(H2,49,61)(H2,50,62)(H,51,68)(H,52,69)(H,53,67)(H,54,66)(H,55,71)(H,56,70)(H,57,72)(H,58,65)(H,63,64)(H,73,74)/t23-,24+,25+,26+,27+,28+,29+,30+,35+,36+/m1/s1. The first-order valence-electron chi connectivity index (χ1n) is 24.2. The molecule has 11 amide bonds. The first kappa shape index (κ1) is 67.0. The number of primary amides is 3. The number of rotatable bonds is 37. The number of aliphatic hydroxyl groups excluding tert-OH is 1. The van der Waals surface area contributed by atoms with E-state index in [1.807, 2.05) is 0 Å². The molecule has 420 valence electrons. The summed E-state index contributed by atoms with van der Waals surface area (Å²) in [4.78, 5) is 168. The van der Waals surface area contributed by atoms with Crippen LogP contribution in [0.4, 0.5) is 0 Å². The van der Waals surface area contributed by atoms with Crippen molar-refractivity contribution in [2.75, 3.05) is 6.54 Å². The average molecular weight is 1060 g/mol. The van der Waals surface area contributed by atoms with Gasteiger partial charge in [0.25, 0.3) is 0 Å². The molecule has 29 nitrogen and oxygen atoms in total. The number of carbonyl (C=O) groups excluding carboxylic acids is 11. The number of hydrogen-bond acceptors (Lipinski definition) is 16. The van der Waals surface area contributed by atoms with Crippen LogP contribution < -0.4 is 71.2 Å². The van der Waals surface area contributed by atoms with Gasteiger partial charge in [0.1, 0.15) is 48.3 Å². The molecule has 0 saturated carbocycles. The van der Waals surface area contributed by atoms with Gasteiger partial charge < -0.3 is 86.5 Å². The van der Waals surface area contributed by atoms with Crippen LogP contribution in [0.1, 0.15) is 119 Å². The van der Waals surface area contributed by atoms with Gasteiger partial charge in [-0.1, -0.05) is 48.0 Å². The summed E-state index contributed by atoms with van der Waals surface area (Å²) in [7, 11) is 0. The van der Waals surface area contributed by atoms with Gasteiger partial charge in [0.15, 0.2) is 0 Å². The summed E-state index contributed by atoms with van der Waals surface area (Å²) >= 11 is 0. The van der Waals surface area contributed by atoms with E-state index in [1.54, 1.807) is 27.7 Å². The Morgan fingerprint density at radius 2 is 0.811 bits per heavy atom. The first-order valence-corrected chi connectivity index (χ1v) is 24.2. The minimum absolute atomic E-state index is 0.0337. The van der Waals surface area contributed by atoms with Gasteiger partial charge in [-0.15, -0.1) is 0 Å². The van der Waals surface area contributed by atoms with Crippen LogP contribution in [0.3, 0.4) is 0 Å². The molecule has 0 bridgehead atoms. The van der Waals surface area contributed by atoms with Gasteiger partial charge in [0.05, 0.1) is 25.0 Å². The molecule has 0 heterocycles. The van der Waals surface area contributed by atoms with Gasteiger partial charge in [-0.3, -0.25) is 57.5 Å². The molecule has 0 radical (unpaired) electrons. The van der Waals surface area contributed by atoms with Gasteiger partial charge in [-0.05, 0) is 69.7 Å².